The van der Waals surface area contributed by atoms with Crippen molar-refractivity contribution in [2.45, 2.75) is 85.7 Å². The molecule has 2 aliphatic rings. The third kappa shape index (κ3) is 17.5. The van der Waals surface area contributed by atoms with Crippen molar-refractivity contribution in [2.24, 2.45) is 0 Å². The van der Waals surface area contributed by atoms with Gasteiger partial charge in [0.1, 0.15) is 31.5 Å². The second-order valence-electron chi connectivity index (χ2n) is 22.1. The minimum atomic E-state index is -3.56. The standard InChI is InChI=1S/C73H63NO22/c75-64(45-25-9-1-10-26-45)87-43-55-58(92-67(78)48-31-15-4-16-32-48)60(94-69(80)50-35-19-6-20-36-50)57(91-66(77)47-29-13-3-14-30-47)54(89-55)41-53(74-72(83)84)42-73(85,86)63-62(96-71(82)52-39-23-8-24-40-52)61(95-70(81)51-37-21-7-22-38-51)59(93-68(79)49-33-17-5-18-34-49)56(90-63)44-88-65(76)46-27-11-2-12-28-46/h1-40,53-63,74,85-86H,41-44H2,(H,83,84)/t53?,54-,55+,56+,57+,58+,59+,60+,61-,62-,63+/m0/s1. The Morgan fingerprint density at radius 2 is 0.573 bits per heavy atom. The smallest absolute Gasteiger partial charge is 0.404 e. The summed E-state index contributed by atoms with van der Waals surface area (Å²) in [4.78, 5) is 127. The number of nitrogens with one attached hydrogen (secondary N) is 1. The lowest BCUT2D eigenvalue weighted by molar-refractivity contribution is -0.321. The molecule has 1 amide bonds. The van der Waals surface area contributed by atoms with E-state index in [1.165, 1.54) is 158 Å². The van der Waals surface area contributed by atoms with Crippen LogP contribution in [0.25, 0.3) is 0 Å². The Morgan fingerprint density at radius 1 is 0.333 bits per heavy atom. The molecule has 492 valence electrons. The molecule has 8 aromatic rings. The van der Waals surface area contributed by atoms with Gasteiger partial charge in [-0.25, -0.2) is 43.2 Å². The van der Waals surface area contributed by atoms with E-state index in [1.54, 1.807) is 84.9 Å². The fraction of sp³-hybridized carbons (Fsp3) is 0.219. The number of hydrogen-bond acceptors (Lipinski definition) is 21. The molecule has 0 aliphatic carbocycles. The molecular weight excluding hydrogens is 1240 g/mol. The Morgan fingerprint density at radius 3 is 0.865 bits per heavy atom. The van der Waals surface area contributed by atoms with Crippen LogP contribution in [0.3, 0.4) is 0 Å². The molecule has 23 nitrogen and oxygen atoms in total. The summed E-state index contributed by atoms with van der Waals surface area (Å²) in [6.45, 7) is -1.70. The number of ether oxygens (including phenoxy) is 10. The van der Waals surface area contributed by atoms with Gasteiger partial charge in [-0.1, -0.05) is 146 Å². The zero-order valence-corrected chi connectivity index (χ0v) is 50.9. The topological polar surface area (TPSA) is 319 Å². The molecule has 96 heavy (non-hydrogen) atoms. The van der Waals surface area contributed by atoms with E-state index < -0.39 is 153 Å². The molecule has 2 saturated heterocycles. The van der Waals surface area contributed by atoms with Crippen LogP contribution in [0.15, 0.2) is 243 Å². The first-order valence-corrected chi connectivity index (χ1v) is 30.2. The van der Waals surface area contributed by atoms with E-state index in [-0.39, 0.29) is 44.5 Å². The van der Waals surface area contributed by atoms with Crippen molar-refractivity contribution < 1.29 is 106 Å². The fourth-order valence-corrected chi connectivity index (χ4v) is 10.9. The lowest BCUT2D eigenvalue weighted by Gasteiger charge is -2.49. The highest BCUT2D eigenvalue weighted by molar-refractivity contribution is 5.93. The normalized spacial score (nSPS) is 20.9. The second-order valence-corrected chi connectivity index (χ2v) is 22.1. The first-order valence-electron chi connectivity index (χ1n) is 30.2. The molecule has 0 aromatic heterocycles. The Hall–Kier alpha value is -11.4. The molecule has 1 unspecified atom stereocenters. The number of carbonyl (C=O) groups is 9. The number of rotatable bonds is 24. The Balaban J connectivity index is 1.09. The lowest BCUT2D eigenvalue weighted by atomic mass is 9.85. The van der Waals surface area contributed by atoms with Crippen molar-refractivity contribution in [3.05, 3.63) is 287 Å². The monoisotopic (exact) mass is 1310 g/mol. The summed E-state index contributed by atoms with van der Waals surface area (Å²) < 4.78 is 61.9. The highest BCUT2D eigenvalue weighted by Gasteiger charge is 2.60. The van der Waals surface area contributed by atoms with Crippen molar-refractivity contribution in [1.82, 2.24) is 5.32 Å². The van der Waals surface area contributed by atoms with Gasteiger partial charge in [0, 0.05) is 12.5 Å². The van der Waals surface area contributed by atoms with Gasteiger partial charge in [-0.3, -0.25) is 0 Å². The predicted octanol–water partition coefficient (Wildman–Crippen LogP) is 8.69. The van der Waals surface area contributed by atoms with Gasteiger partial charge in [-0.15, -0.1) is 0 Å². The Bertz CT molecular complexity index is 3950. The zero-order chi connectivity index (χ0) is 67.6. The summed E-state index contributed by atoms with van der Waals surface area (Å²) >= 11 is 0. The summed E-state index contributed by atoms with van der Waals surface area (Å²) in [5.74, 6) is -11.9. The van der Waals surface area contributed by atoms with Crippen molar-refractivity contribution in [3.63, 3.8) is 0 Å². The second kappa shape index (κ2) is 32.0. The Kier molecular flexibility index (Phi) is 22.5. The molecule has 2 heterocycles. The number of esters is 8. The number of benzene rings is 8. The van der Waals surface area contributed by atoms with E-state index in [0.29, 0.717) is 0 Å². The first-order chi connectivity index (χ1) is 46.5. The molecular formula is C73H63NO22. The summed E-state index contributed by atoms with van der Waals surface area (Å²) in [6.07, 6.45) is -23.8. The molecule has 0 radical (unpaired) electrons. The van der Waals surface area contributed by atoms with Crippen LogP contribution in [0.1, 0.15) is 95.7 Å². The number of aliphatic hydroxyl groups is 2. The van der Waals surface area contributed by atoms with Crippen LogP contribution in [0.2, 0.25) is 0 Å². The van der Waals surface area contributed by atoms with E-state index >= 15 is 0 Å². The van der Waals surface area contributed by atoms with E-state index in [9.17, 15) is 58.5 Å². The molecule has 4 N–H and O–H groups in total. The molecule has 2 aliphatic heterocycles. The van der Waals surface area contributed by atoms with Crippen LogP contribution in [0, 0.1) is 0 Å². The molecule has 0 bridgehead atoms. The van der Waals surface area contributed by atoms with Crippen molar-refractivity contribution in [1.29, 1.82) is 0 Å². The van der Waals surface area contributed by atoms with Crippen LogP contribution in [0.5, 0.6) is 0 Å². The number of amides is 1. The zero-order valence-electron chi connectivity index (χ0n) is 50.9. The van der Waals surface area contributed by atoms with Crippen LogP contribution in [-0.2, 0) is 47.4 Å². The fourth-order valence-electron chi connectivity index (χ4n) is 10.9. The molecule has 8 aromatic carbocycles. The minimum absolute atomic E-state index is 0.00870. The van der Waals surface area contributed by atoms with E-state index in [2.05, 4.69) is 5.32 Å². The minimum Gasteiger partial charge on any atom is -0.465 e. The van der Waals surface area contributed by atoms with Gasteiger partial charge in [0.25, 0.3) is 0 Å². The molecule has 0 saturated carbocycles. The summed E-state index contributed by atoms with van der Waals surface area (Å²) in [5, 5.41) is 39.0. The van der Waals surface area contributed by atoms with E-state index in [0.717, 1.165) is 0 Å². The number of carboxylic acid groups (broad SMARTS) is 1. The van der Waals surface area contributed by atoms with E-state index in [4.69, 9.17) is 47.4 Å². The number of hydrogen-bond donors (Lipinski definition) is 4. The average Bonchev–Trinajstić information content (AvgIpc) is 0.763. The van der Waals surface area contributed by atoms with Crippen molar-refractivity contribution in [2.75, 3.05) is 13.2 Å². The number of carbonyl (C=O) groups excluding carboxylic acids is 8. The predicted molar refractivity (Wildman–Crippen MR) is 336 cm³/mol. The van der Waals surface area contributed by atoms with Crippen LogP contribution >= 0.6 is 0 Å². The lowest BCUT2D eigenvalue weighted by Crippen LogP contribution is -2.69. The molecule has 2 fully saturated rings. The Labute approximate surface area is 548 Å². The summed E-state index contributed by atoms with van der Waals surface area (Å²) in [7, 11) is 0. The molecule has 0 spiro atoms. The van der Waals surface area contributed by atoms with Crippen LogP contribution in [0.4, 0.5) is 4.79 Å². The maximum Gasteiger partial charge on any atom is 0.404 e. The highest BCUT2D eigenvalue weighted by Crippen LogP contribution is 2.39. The van der Waals surface area contributed by atoms with Gasteiger partial charge in [0.05, 0.1) is 44.5 Å². The molecule has 23 heteroatoms. The van der Waals surface area contributed by atoms with Gasteiger partial charge in [-0.05, 0) is 103 Å². The van der Waals surface area contributed by atoms with Gasteiger partial charge in [0.15, 0.2) is 48.5 Å². The molecule has 11 atom stereocenters. The van der Waals surface area contributed by atoms with Crippen LogP contribution < -0.4 is 5.32 Å². The summed E-state index contributed by atoms with van der Waals surface area (Å²) in [6, 6.07) is 58.0. The van der Waals surface area contributed by atoms with Gasteiger partial charge in [0.2, 0.25) is 0 Å². The van der Waals surface area contributed by atoms with Gasteiger partial charge in [-0.2, -0.15) is 0 Å². The van der Waals surface area contributed by atoms with Gasteiger partial charge < -0.3 is 68.0 Å². The largest absolute Gasteiger partial charge is 0.465 e. The maximum atomic E-state index is 14.5. The van der Waals surface area contributed by atoms with Crippen molar-refractivity contribution in [3.8, 4) is 0 Å². The summed E-state index contributed by atoms with van der Waals surface area (Å²) in [5.41, 5.74) is -0.260. The molecule has 10 rings (SSSR count). The van der Waals surface area contributed by atoms with Crippen LogP contribution in [-0.4, -0.2) is 155 Å². The van der Waals surface area contributed by atoms with Gasteiger partial charge >= 0.3 is 53.8 Å². The van der Waals surface area contributed by atoms with E-state index in [1.807, 2.05) is 0 Å². The SMILES string of the molecule is O=C(O)NC(C[C@@H]1O[C@H](COC(=O)c2ccccc2)[C@@H](OC(=O)c2ccccc2)[C@H](OC(=O)c2ccccc2)[C@@H]1OC(=O)c1ccccc1)CC(O)(O)[C@@H]1O[C@H](COC(=O)c2ccccc2)[C@@H](OC(=O)c2ccccc2)[C@H](OC(=O)c2ccccc2)[C@@H]1OC(=O)c1ccccc1. The third-order valence-corrected chi connectivity index (χ3v) is 15.5. The third-order valence-electron chi connectivity index (χ3n) is 15.5. The highest BCUT2D eigenvalue weighted by atomic mass is 16.7. The quantitative estimate of drug-likeness (QED) is 0.0250. The maximum absolute atomic E-state index is 14.5. The van der Waals surface area contributed by atoms with Crippen molar-refractivity contribution >= 4 is 53.8 Å². The first kappa shape index (κ1) is 67.5. The average molecular weight is 1310 g/mol.